The molecule has 0 bridgehead atoms. The first-order valence-electron chi connectivity index (χ1n) is 5.46. The Kier molecular flexibility index (Phi) is 2.82. The van der Waals surface area contributed by atoms with Crippen LogP contribution in [-0.2, 0) is 0 Å². The molecule has 1 fully saturated rings. The second-order valence-electron chi connectivity index (χ2n) is 4.31. The number of phenols is 2. The van der Waals surface area contributed by atoms with Gasteiger partial charge in [-0.2, -0.15) is 0 Å². The van der Waals surface area contributed by atoms with E-state index in [0.29, 0.717) is 5.92 Å². The molecule has 0 saturated heterocycles. The highest BCUT2D eigenvalue weighted by atomic mass is 16.3. The molecule has 0 heterocycles. The van der Waals surface area contributed by atoms with Gasteiger partial charge in [0.05, 0.1) is 0 Å². The van der Waals surface area contributed by atoms with Gasteiger partial charge in [0.25, 0.3) is 0 Å². The van der Waals surface area contributed by atoms with Crippen molar-refractivity contribution in [2.75, 3.05) is 0 Å². The third-order valence-electron chi connectivity index (χ3n) is 3.28. The Morgan fingerprint density at radius 2 is 1.87 bits per heavy atom. The fraction of sp³-hybridized carbons (Fsp3) is 0.500. The molecular formula is C12H17NO2. The first-order chi connectivity index (χ1) is 7.18. The fourth-order valence-electron chi connectivity index (χ4n) is 2.38. The molecule has 4 N–H and O–H groups in total. The van der Waals surface area contributed by atoms with Crippen LogP contribution in [-0.4, -0.2) is 10.2 Å². The summed E-state index contributed by atoms with van der Waals surface area (Å²) in [6.07, 6.45) is 4.75. The number of phenolic OH excluding ortho intramolecular Hbond substituents is 2. The second-order valence-corrected chi connectivity index (χ2v) is 4.31. The Labute approximate surface area is 89.5 Å². The van der Waals surface area contributed by atoms with Crippen LogP contribution in [0.4, 0.5) is 0 Å². The van der Waals surface area contributed by atoms with Crippen LogP contribution in [0.2, 0.25) is 0 Å². The maximum atomic E-state index is 9.68. The normalized spacial score (nSPS) is 19.3. The van der Waals surface area contributed by atoms with Crippen LogP contribution in [0.15, 0.2) is 18.2 Å². The third kappa shape index (κ3) is 2.07. The lowest BCUT2D eigenvalue weighted by Crippen LogP contribution is -2.19. The average Bonchev–Trinajstić information content (AvgIpc) is 2.69. The van der Waals surface area contributed by atoms with Crippen molar-refractivity contribution < 1.29 is 10.2 Å². The molecule has 82 valence electrons. The molecule has 0 unspecified atom stereocenters. The van der Waals surface area contributed by atoms with Gasteiger partial charge in [0.15, 0.2) is 0 Å². The van der Waals surface area contributed by atoms with Gasteiger partial charge in [-0.3, -0.25) is 0 Å². The minimum absolute atomic E-state index is 0.0786. The predicted octanol–water partition coefficient (Wildman–Crippen LogP) is 2.29. The quantitative estimate of drug-likeness (QED) is 0.697. The molecule has 0 aromatic heterocycles. The van der Waals surface area contributed by atoms with Crippen LogP contribution in [0.5, 0.6) is 11.5 Å². The van der Waals surface area contributed by atoms with E-state index in [2.05, 4.69) is 0 Å². The van der Waals surface area contributed by atoms with Gasteiger partial charge in [0, 0.05) is 17.7 Å². The Balaban J connectivity index is 2.20. The summed E-state index contributed by atoms with van der Waals surface area (Å²) in [5.74, 6) is 0.657. The van der Waals surface area contributed by atoms with E-state index in [1.165, 1.54) is 18.9 Å². The van der Waals surface area contributed by atoms with Crippen molar-refractivity contribution >= 4 is 0 Å². The Morgan fingerprint density at radius 1 is 1.20 bits per heavy atom. The van der Waals surface area contributed by atoms with Gasteiger partial charge in [0.2, 0.25) is 0 Å². The Morgan fingerprint density at radius 3 is 2.47 bits per heavy atom. The maximum Gasteiger partial charge on any atom is 0.124 e. The van der Waals surface area contributed by atoms with E-state index in [1.54, 1.807) is 12.1 Å². The van der Waals surface area contributed by atoms with Crippen LogP contribution in [0.1, 0.15) is 37.3 Å². The largest absolute Gasteiger partial charge is 0.508 e. The van der Waals surface area contributed by atoms with Crippen molar-refractivity contribution in [3.05, 3.63) is 23.8 Å². The van der Waals surface area contributed by atoms with Crippen molar-refractivity contribution in [2.24, 2.45) is 11.7 Å². The summed E-state index contributed by atoms with van der Waals surface area (Å²) in [7, 11) is 0. The minimum Gasteiger partial charge on any atom is -0.508 e. The van der Waals surface area contributed by atoms with Crippen LogP contribution < -0.4 is 5.73 Å². The molecular weight excluding hydrogens is 190 g/mol. The predicted molar refractivity (Wildman–Crippen MR) is 58.7 cm³/mol. The van der Waals surface area contributed by atoms with Crippen molar-refractivity contribution in [2.45, 2.75) is 31.7 Å². The molecule has 3 heteroatoms. The minimum atomic E-state index is -0.104. The zero-order valence-electron chi connectivity index (χ0n) is 8.69. The van der Waals surface area contributed by atoms with Gasteiger partial charge in [-0.25, -0.2) is 0 Å². The SMILES string of the molecule is N[C@H](c1ccc(O)cc1O)C1CCCC1. The van der Waals surface area contributed by atoms with E-state index in [4.69, 9.17) is 5.73 Å². The fourth-order valence-corrected chi connectivity index (χ4v) is 2.38. The van der Waals surface area contributed by atoms with Gasteiger partial charge < -0.3 is 15.9 Å². The molecule has 1 aliphatic carbocycles. The molecule has 15 heavy (non-hydrogen) atoms. The van der Waals surface area contributed by atoms with Gasteiger partial charge in [0.1, 0.15) is 11.5 Å². The van der Waals surface area contributed by atoms with Crippen LogP contribution in [0, 0.1) is 5.92 Å². The van der Waals surface area contributed by atoms with Gasteiger partial charge in [-0.1, -0.05) is 18.9 Å². The number of aromatic hydroxyl groups is 2. The van der Waals surface area contributed by atoms with Crippen molar-refractivity contribution in [3.8, 4) is 11.5 Å². The number of rotatable bonds is 2. The van der Waals surface area contributed by atoms with Crippen molar-refractivity contribution in [1.82, 2.24) is 0 Å². The first kappa shape index (κ1) is 10.3. The molecule has 3 nitrogen and oxygen atoms in total. The summed E-state index contributed by atoms with van der Waals surface area (Å²) in [6.45, 7) is 0. The van der Waals surface area contributed by atoms with Crippen LogP contribution in [0.25, 0.3) is 0 Å². The Hall–Kier alpha value is -1.22. The van der Waals surface area contributed by atoms with E-state index in [1.807, 2.05) is 0 Å². The average molecular weight is 207 g/mol. The second kappa shape index (κ2) is 4.11. The van der Waals surface area contributed by atoms with Crippen LogP contribution >= 0.6 is 0 Å². The highest BCUT2D eigenvalue weighted by Gasteiger charge is 2.24. The highest BCUT2D eigenvalue weighted by molar-refractivity contribution is 5.40. The zero-order valence-corrected chi connectivity index (χ0v) is 8.69. The van der Waals surface area contributed by atoms with E-state index in [9.17, 15) is 10.2 Å². The third-order valence-corrected chi connectivity index (χ3v) is 3.28. The molecule has 2 rings (SSSR count). The molecule has 1 aromatic carbocycles. The Bertz CT molecular complexity index is 345. The number of benzene rings is 1. The van der Waals surface area contributed by atoms with E-state index in [0.717, 1.165) is 18.4 Å². The van der Waals surface area contributed by atoms with Crippen molar-refractivity contribution in [1.29, 1.82) is 0 Å². The molecule has 1 saturated carbocycles. The number of nitrogens with two attached hydrogens (primary N) is 1. The number of hydrogen-bond acceptors (Lipinski definition) is 3. The maximum absolute atomic E-state index is 9.68. The highest BCUT2D eigenvalue weighted by Crippen LogP contribution is 2.37. The summed E-state index contributed by atoms with van der Waals surface area (Å²) >= 11 is 0. The molecule has 0 spiro atoms. The van der Waals surface area contributed by atoms with Gasteiger partial charge >= 0.3 is 0 Å². The lowest BCUT2D eigenvalue weighted by atomic mass is 9.92. The molecule has 1 aliphatic rings. The summed E-state index contributed by atoms with van der Waals surface area (Å²) in [4.78, 5) is 0. The monoisotopic (exact) mass is 207 g/mol. The number of hydrogen-bond donors (Lipinski definition) is 3. The summed E-state index contributed by atoms with van der Waals surface area (Å²) in [5, 5.41) is 18.9. The summed E-state index contributed by atoms with van der Waals surface area (Å²) < 4.78 is 0. The van der Waals surface area contributed by atoms with Gasteiger partial charge in [-0.05, 0) is 24.8 Å². The molecule has 1 atom stereocenters. The van der Waals surface area contributed by atoms with E-state index >= 15 is 0 Å². The molecule has 0 amide bonds. The standard InChI is InChI=1S/C12H17NO2/c13-12(8-3-1-2-4-8)10-6-5-9(14)7-11(10)15/h5-8,12,14-15H,1-4,13H2/t12-/m0/s1. The van der Waals surface area contributed by atoms with E-state index < -0.39 is 0 Å². The van der Waals surface area contributed by atoms with Crippen LogP contribution in [0.3, 0.4) is 0 Å². The van der Waals surface area contributed by atoms with E-state index in [-0.39, 0.29) is 17.5 Å². The van der Waals surface area contributed by atoms with Crippen molar-refractivity contribution in [3.63, 3.8) is 0 Å². The lowest BCUT2D eigenvalue weighted by Gasteiger charge is -2.20. The smallest absolute Gasteiger partial charge is 0.124 e. The molecule has 0 aliphatic heterocycles. The topological polar surface area (TPSA) is 66.5 Å². The first-order valence-corrected chi connectivity index (χ1v) is 5.46. The zero-order chi connectivity index (χ0) is 10.8. The van der Waals surface area contributed by atoms with Gasteiger partial charge in [-0.15, -0.1) is 0 Å². The summed E-state index contributed by atoms with van der Waals surface area (Å²) in [6, 6.07) is 4.54. The summed E-state index contributed by atoms with van der Waals surface area (Å²) in [5.41, 5.74) is 6.86. The molecule has 0 radical (unpaired) electrons. The molecule has 1 aromatic rings. The lowest BCUT2D eigenvalue weighted by molar-refractivity contribution is 0.407.